The number of nitrogens with zero attached hydrogens (tertiary/aromatic N) is 2. The number of amides is 1. The Morgan fingerprint density at radius 2 is 2.00 bits per heavy atom. The Labute approximate surface area is 150 Å². The van der Waals surface area contributed by atoms with Gasteiger partial charge in [0.1, 0.15) is 0 Å². The number of anilines is 1. The average Bonchev–Trinajstić information content (AvgIpc) is 3.09. The molecule has 124 valence electrons. The number of benzene rings is 2. The summed E-state index contributed by atoms with van der Waals surface area (Å²) in [5.41, 5.74) is 6.64. The molecule has 0 radical (unpaired) electrons. The maximum atomic E-state index is 12.0. The normalized spacial score (nSPS) is 14.3. The Morgan fingerprint density at radius 1 is 1.21 bits per heavy atom. The summed E-state index contributed by atoms with van der Waals surface area (Å²) in [7, 11) is 0. The van der Waals surface area contributed by atoms with Crippen molar-refractivity contribution < 1.29 is 4.79 Å². The van der Waals surface area contributed by atoms with Gasteiger partial charge in [-0.2, -0.15) is 5.10 Å². The number of hydrogen-bond donors (Lipinski definition) is 1. The number of hydrazone groups is 1. The minimum absolute atomic E-state index is 0.224. The van der Waals surface area contributed by atoms with Gasteiger partial charge in [0, 0.05) is 28.8 Å². The fraction of sp³-hybridized carbons (Fsp3) is 0.263. The molecule has 1 heterocycles. The Morgan fingerprint density at radius 3 is 2.71 bits per heavy atom. The second kappa shape index (κ2) is 7.62. The van der Waals surface area contributed by atoms with Gasteiger partial charge in [-0.1, -0.05) is 28.1 Å². The molecular weight excluding hydrogens is 366 g/mol. The van der Waals surface area contributed by atoms with E-state index in [1.54, 1.807) is 18.3 Å². The van der Waals surface area contributed by atoms with Crippen LogP contribution in [0.5, 0.6) is 0 Å². The van der Waals surface area contributed by atoms with Crippen LogP contribution in [0.1, 0.15) is 34.3 Å². The molecule has 0 aromatic heterocycles. The standard InChI is InChI=1S/C19H20BrN3O/c1-14-11-15(7-8-18(14)23-9-2-3-10-23)13-21-22-19(24)16-5-4-6-17(20)12-16/h4-8,11-13H,2-3,9-10H2,1H3,(H,22,24)/b21-13+. The van der Waals surface area contributed by atoms with E-state index in [1.807, 2.05) is 18.2 Å². The minimum atomic E-state index is -0.224. The smallest absolute Gasteiger partial charge is 0.271 e. The first kappa shape index (κ1) is 16.7. The van der Waals surface area contributed by atoms with E-state index >= 15 is 0 Å². The maximum Gasteiger partial charge on any atom is 0.271 e. The van der Waals surface area contributed by atoms with Crippen molar-refractivity contribution in [1.29, 1.82) is 0 Å². The van der Waals surface area contributed by atoms with Crippen LogP contribution in [0.4, 0.5) is 5.69 Å². The quantitative estimate of drug-likeness (QED) is 0.635. The molecule has 1 N–H and O–H groups in total. The lowest BCUT2D eigenvalue weighted by Gasteiger charge is -2.20. The number of rotatable bonds is 4. The first-order chi connectivity index (χ1) is 11.6. The third-order valence-electron chi connectivity index (χ3n) is 4.13. The third kappa shape index (κ3) is 4.03. The predicted molar refractivity (Wildman–Crippen MR) is 102 cm³/mol. The number of hydrogen-bond acceptors (Lipinski definition) is 3. The molecule has 0 bridgehead atoms. The molecule has 4 nitrogen and oxygen atoms in total. The van der Waals surface area contributed by atoms with Gasteiger partial charge in [0.25, 0.3) is 5.91 Å². The zero-order valence-electron chi connectivity index (χ0n) is 13.6. The van der Waals surface area contributed by atoms with Crippen LogP contribution in [0, 0.1) is 6.92 Å². The van der Waals surface area contributed by atoms with Crippen LogP contribution >= 0.6 is 15.9 Å². The third-order valence-corrected chi connectivity index (χ3v) is 4.63. The molecule has 1 amide bonds. The summed E-state index contributed by atoms with van der Waals surface area (Å²) >= 11 is 3.36. The van der Waals surface area contributed by atoms with Gasteiger partial charge in [-0.3, -0.25) is 4.79 Å². The molecule has 1 fully saturated rings. The molecule has 1 aliphatic heterocycles. The lowest BCUT2D eigenvalue weighted by atomic mass is 10.1. The van der Waals surface area contributed by atoms with Crippen LogP contribution in [0.3, 0.4) is 0 Å². The van der Waals surface area contributed by atoms with Crippen molar-refractivity contribution in [2.75, 3.05) is 18.0 Å². The number of aryl methyl sites for hydroxylation is 1. The van der Waals surface area contributed by atoms with Gasteiger partial charge < -0.3 is 4.90 Å². The van der Waals surface area contributed by atoms with Crippen molar-refractivity contribution in [2.24, 2.45) is 5.10 Å². The Kier molecular flexibility index (Phi) is 5.30. The fourth-order valence-electron chi connectivity index (χ4n) is 2.93. The molecule has 0 saturated carbocycles. The monoisotopic (exact) mass is 385 g/mol. The Bertz CT molecular complexity index is 767. The Balaban J connectivity index is 1.64. The lowest BCUT2D eigenvalue weighted by Crippen LogP contribution is -2.19. The second-order valence-corrected chi connectivity index (χ2v) is 6.87. The number of nitrogens with one attached hydrogen (secondary N) is 1. The summed E-state index contributed by atoms with van der Waals surface area (Å²) in [6.45, 7) is 4.39. The lowest BCUT2D eigenvalue weighted by molar-refractivity contribution is 0.0955. The number of halogens is 1. The van der Waals surface area contributed by atoms with Crippen molar-refractivity contribution in [3.05, 3.63) is 63.6 Å². The molecule has 2 aromatic rings. The Hall–Kier alpha value is -2.14. The van der Waals surface area contributed by atoms with Crippen LogP contribution in [0.25, 0.3) is 0 Å². The molecule has 5 heteroatoms. The topological polar surface area (TPSA) is 44.7 Å². The highest BCUT2D eigenvalue weighted by Gasteiger charge is 2.14. The van der Waals surface area contributed by atoms with Gasteiger partial charge in [0.2, 0.25) is 0 Å². The molecule has 0 atom stereocenters. The van der Waals surface area contributed by atoms with Crippen molar-refractivity contribution >= 4 is 33.7 Å². The fourth-order valence-corrected chi connectivity index (χ4v) is 3.33. The van der Waals surface area contributed by atoms with E-state index in [0.29, 0.717) is 5.56 Å². The van der Waals surface area contributed by atoms with E-state index in [0.717, 1.165) is 23.1 Å². The minimum Gasteiger partial charge on any atom is -0.371 e. The van der Waals surface area contributed by atoms with Crippen LogP contribution in [-0.2, 0) is 0 Å². The summed E-state index contributed by atoms with van der Waals surface area (Å²) in [5, 5.41) is 4.06. The zero-order valence-corrected chi connectivity index (χ0v) is 15.2. The maximum absolute atomic E-state index is 12.0. The highest BCUT2D eigenvalue weighted by molar-refractivity contribution is 9.10. The SMILES string of the molecule is Cc1cc(/C=N/NC(=O)c2cccc(Br)c2)ccc1N1CCCC1. The molecule has 3 rings (SSSR count). The summed E-state index contributed by atoms with van der Waals surface area (Å²) in [6, 6.07) is 13.5. The van der Waals surface area contributed by atoms with E-state index in [-0.39, 0.29) is 5.91 Å². The zero-order chi connectivity index (χ0) is 16.9. The molecule has 1 saturated heterocycles. The van der Waals surface area contributed by atoms with Gasteiger partial charge in [-0.15, -0.1) is 0 Å². The average molecular weight is 386 g/mol. The van der Waals surface area contributed by atoms with Crippen LogP contribution in [0.2, 0.25) is 0 Å². The summed E-state index contributed by atoms with van der Waals surface area (Å²) < 4.78 is 0.868. The molecule has 0 aliphatic carbocycles. The van der Waals surface area contributed by atoms with E-state index in [4.69, 9.17) is 0 Å². The first-order valence-corrected chi connectivity index (χ1v) is 8.87. The largest absolute Gasteiger partial charge is 0.371 e. The number of carbonyl (C=O) groups excluding carboxylic acids is 1. The van der Waals surface area contributed by atoms with Gasteiger partial charge in [0.15, 0.2) is 0 Å². The molecule has 0 spiro atoms. The molecule has 1 aliphatic rings. The highest BCUT2D eigenvalue weighted by atomic mass is 79.9. The van der Waals surface area contributed by atoms with E-state index in [2.05, 4.69) is 50.4 Å². The van der Waals surface area contributed by atoms with E-state index < -0.39 is 0 Å². The van der Waals surface area contributed by atoms with Crippen LogP contribution in [-0.4, -0.2) is 25.2 Å². The highest BCUT2D eigenvalue weighted by Crippen LogP contribution is 2.24. The number of carbonyl (C=O) groups is 1. The van der Waals surface area contributed by atoms with E-state index in [9.17, 15) is 4.79 Å². The first-order valence-electron chi connectivity index (χ1n) is 8.08. The van der Waals surface area contributed by atoms with Crippen molar-refractivity contribution in [3.63, 3.8) is 0 Å². The molecule has 24 heavy (non-hydrogen) atoms. The molecular formula is C19H20BrN3O. The predicted octanol–water partition coefficient (Wildman–Crippen LogP) is 4.12. The van der Waals surface area contributed by atoms with Crippen molar-refractivity contribution in [2.45, 2.75) is 19.8 Å². The van der Waals surface area contributed by atoms with Gasteiger partial charge >= 0.3 is 0 Å². The van der Waals surface area contributed by atoms with Gasteiger partial charge in [-0.25, -0.2) is 5.43 Å². The van der Waals surface area contributed by atoms with Crippen LogP contribution < -0.4 is 10.3 Å². The van der Waals surface area contributed by atoms with Gasteiger partial charge in [-0.05, 0) is 61.2 Å². The second-order valence-electron chi connectivity index (χ2n) is 5.95. The van der Waals surface area contributed by atoms with Crippen molar-refractivity contribution in [1.82, 2.24) is 5.43 Å². The summed E-state index contributed by atoms with van der Waals surface area (Å²) in [6.07, 6.45) is 4.21. The van der Waals surface area contributed by atoms with Crippen LogP contribution in [0.15, 0.2) is 52.0 Å². The van der Waals surface area contributed by atoms with Gasteiger partial charge in [0.05, 0.1) is 6.21 Å². The van der Waals surface area contributed by atoms with E-state index in [1.165, 1.54) is 24.1 Å². The molecule has 0 unspecified atom stereocenters. The summed E-state index contributed by atoms with van der Waals surface area (Å²) in [5.74, 6) is -0.224. The summed E-state index contributed by atoms with van der Waals surface area (Å²) in [4.78, 5) is 14.5. The molecule has 2 aromatic carbocycles. The van der Waals surface area contributed by atoms with Crippen molar-refractivity contribution in [3.8, 4) is 0 Å².